The number of hydrogen-bond acceptors (Lipinski definition) is 3. The van der Waals surface area contributed by atoms with E-state index in [1.807, 2.05) is 29.2 Å². The molecule has 0 bridgehead atoms. The summed E-state index contributed by atoms with van der Waals surface area (Å²) in [6.07, 6.45) is 1.87. The van der Waals surface area contributed by atoms with Gasteiger partial charge in [-0.25, -0.2) is 0 Å². The van der Waals surface area contributed by atoms with Crippen molar-refractivity contribution < 1.29 is 9.53 Å². The van der Waals surface area contributed by atoms with Crippen LogP contribution < -0.4 is 5.32 Å². The first-order valence-electron chi connectivity index (χ1n) is 11.0. The predicted molar refractivity (Wildman–Crippen MR) is 124 cm³/mol. The number of rotatable bonds is 3. The smallest absolute Gasteiger partial charge is 0.257 e. The number of para-hydroxylation sites is 1. The Balaban J connectivity index is 1.58. The van der Waals surface area contributed by atoms with Crippen molar-refractivity contribution >= 4 is 33.1 Å². The molecule has 4 heteroatoms. The Morgan fingerprint density at radius 3 is 2.29 bits per heavy atom. The number of benzene rings is 4. The summed E-state index contributed by atoms with van der Waals surface area (Å²) in [5, 5.41) is 8.40. The highest BCUT2D eigenvalue weighted by Crippen LogP contribution is 2.40. The summed E-state index contributed by atoms with van der Waals surface area (Å²) in [6, 6.07) is 26.9. The van der Waals surface area contributed by atoms with Gasteiger partial charge in [0.15, 0.2) is 0 Å². The number of nitrogens with one attached hydrogen (secondary N) is 1. The maximum absolute atomic E-state index is 13.7. The quantitative estimate of drug-likeness (QED) is 0.440. The Morgan fingerprint density at radius 2 is 1.58 bits per heavy atom. The first kappa shape index (κ1) is 18.4. The molecule has 0 saturated carbocycles. The minimum atomic E-state index is -0.261. The molecule has 1 amide bonds. The van der Waals surface area contributed by atoms with Crippen molar-refractivity contribution in [3.63, 3.8) is 0 Å². The van der Waals surface area contributed by atoms with E-state index in [2.05, 4.69) is 59.9 Å². The third-order valence-electron chi connectivity index (χ3n) is 6.53. The molecule has 1 saturated heterocycles. The number of ether oxygens (including phenoxy) is 1. The second kappa shape index (κ2) is 7.40. The standard InChI is InChI=1S/C27H24N2O2/c30-27-23-13-5-6-14-24(23)28-26(29(27)17-20-10-7-15-31-20)25-21-11-3-1-8-18(21)16-19-9-2-4-12-22(19)25/h1-6,8-9,11-14,16,20,26,28H,7,10,15,17H2. The highest BCUT2D eigenvalue weighted by molar-refractivity contribution is 6.06. The van der Waals surface area contributed by atoms with Gasteiger partial charge in [0.05, 0.1) is 11.7 Å². The number of fused-ring (bicyclic) bond motifs is 3. The van der Waals surface area contributed by atoms with Gasteiger partial charge >= 0.3 is 0 Å². The van der Waals surface area contributed by atoms with E-state index >= 15 is 0 Å². The van der Waals surface area contributed by atoms with Crippen molar-refractivity contribution in [1.29, 1.82) is 0 Å². The van der Waals surface area contributed by atoms with Crippen molar-refractivity contribution in [3.8, 4) is 0 Å². The number of carbonyl (C=O) groups excluding carboxylic acids is 1. The average molecular weight is 409 g/mol. The summed E-state index contributed by atoms with van der Waals surface area (Å²) in [5.41, 5.74) is 2.76. The summed E-state index contributed by atoms with van der Waals surface area (Å²) in [7, 11) is 0. The topological polar surface area (TPSA) is 41.6 Å². The Morgan fingerprint density at radius 1 is 0.903 bits per heavy atom. The minimum Gasteiger partial charge on any atom is -0.376 e. The third-order valence-corrected chi connectivity index (χ3v) is 6.53. The second-order valence-electron chi connectivity index (χ2n) is 8.42. The Kier molecular flexibility index (Phi) is 4.39. The van der Waals surface area contributed by atoms with Gasteiger partial charge in [-0.15, -0.1) is 0 Å². The SMILES string of the molecule is O=C1c2ccccc2NC(c2c3ccccc3cc3ccccc23)N1CC1CCCO1. The van der Waals surface area contributed by atoms with Crippen LogP contribution in [0, 0.1) is 0 Å². The molecule has 1 fully saturated rings. The van der Waals surface area contributed by atoms with E-state index in [0.717, 1.165) is 36.3 Å². The van der Waals surface area contributed by atoms with Crippen LogP contribution in [-0.2, 0) is 4.74 Å². The molecule has 2 heterocycles. The normalized spacial score (nSPS) is 20.8. The molecule has 0 aromatic heterocycles. The van der Waals surface area contributed by atoms with Crippen LogP contribution in [0.4, 0.5) is 5.69 Å². The van der Waals surface area contributed by atoms with E-state index in [0.29, 0.717) is 6.54 Å². The second-order valence-corrected chi connectivity index (χ2v) is 8.42. The summed E-state index contributed by atoms with van der Waals surface area (Å²) in [4.78, 5) is 15.7. The molecular weight excluding hydrogens is 384 g/mol. The van der Waals surface area contributed by atoms with Gasteiger partial charge in [0.2, 0.25) is 0 Å². The van der Waals surface area contributed by atoms with E-state index < -0.39 is 0 Å². The zero-order valence-corrected chi connectivity index (χ0v) is 17.3. The number of amides is 1. The van der Waals surface area contributed by atoms with E-state index in [-0.39, 0.29) is 18.2 Å². The zero-order valence-electron chi connectivity index (χ0n) is 17.3. The van der Waals surface area contributed by atoms with Crippen molar-refractivity contribution in [2.45, 2.75) is 25.1 Å². The lowest BCUT2D eigenvalue weighted by molar-refractivity contribution is 0.0430. The van der Waals surface area contributed by atoms with Crippen LogP contribution in [0.5, 0.6) is 0 Å². The van der Waals surface area contributed by atoms with Crippen LogP contribution in [0.3, 0.4) is 0 Å². The van der Waals surface area contributed by atoms with Gasteiger partial charge in [0.1, 0.15) is 6.17 Å². The molecule has 6 rings (SSSR count). The molecule has 2 aliphatic rings. The van der Waals surface area contributed by atoms with E-state index in [1.165, 1.54) is 21.5 Å². The fourth-order valence-corrected chi connectivity index (χ4v) is 5.06. The molecule has 1 N–H and O–H groups in total. The molecule has 0 spiro atoms. The largest absolute Gasteiger partial charge is 0.376 e. The van der Waals surface area contributed by atoms with Crippen LogP contribution in [0.15, 0.2) is 78.9 Å². The first-order chi connectivity index (χ1) is 15.3. The van der Waals surface area contributed by atoms with Crippen LogP contribution in [0.2, 0.25) is 0 Å². The summed E-state index contributed by atoms with van der Waals surface area (Å²) >= 11 is 0. The fraction of sp³-hybridized carbons (Fsp3) is 0.222. The molecule has 4 aromatic rings. The molecule has 4 nitrogen and oxygen atoms in total. The lowest BCUT2D eigenvalue weighted by Crippen LogP contribution is -2.46. The summed E-state index contributed by atoms with van der Waals surface area (Å²) in [6.45, 7) is 1.36. The molecule has 4 aromatic carbocycles. The lowest BCUT2D eigenvalue weighted by Gasteiger charge is -2.40. The summed E-state index contributed by atoms with van der Waals surface area (Å²) in [5.74, 6) is 0.0619. The summed E-state index contributed by atoms with van der Waals surface area (Å²) < 4.78 is 5.93. The van der Waals surface area contributed by atoms with Gasteiger partial charge in [-0.3, -0.25) is 4.79 Å². The van der Waals surface area contributed by atoms with Gasteiger partial charge in [0.25, 0.3) is 5.91 Å². The van der Waals surface area contributed by atoms with Crippen molar-refractivity contribution in [3.05, 3.63) is 90.0 Å². The Labute approximate surface area is 181 Å². The van der Waals surface area contributed by atoms with Crippen molar-refractivity contribution in [1.82, 2.24) is 4.90 Å². The van der Waals surface area contributed by atoms with Crippen molar-refractivity contribution in [2.75, 3.05) is 18.5 Å². The molecular formula is C27H24N2O2. The predicted octanol–water partition coefficient (Wildman–Crippen LogP) is 5.74. The molecule has 0 aliphatic carbocycles. The van der Waals surface area contributed by atoms with Gasteiger partial charge in [-0.2, -0.15) is 0 Å². The molecule has 2 atom stereocenters. The molecule has 154 valence electrons. The van der Waals surface area contributed by atoms with Gasteiger partial charge < -0.3 is 15.0 Å². The average Bonchev–Trinajstić information content (AvgIpc) is 3.33. The van der Waals surface area contributed by atoms with Crippen LogP contribution in [0.25, 0.3) is 21.5 Å². The zero-order chi connectivity index (χ0) is 20.8. The van der Waals surface area contributed by atoms with Gasteiger partial charge in [-0.1, -0.05) is 60.7 Å². The Bertz CT molecular complexity index is 1240. The monoisotopic (exact) mass is 408 g/mol. The van der Waals surface area contributed by atoms with E-state index in [4.69, 9.17) is 4.74 Å². The van der Waals surface area contributed by atoms with Crippen LogP contribution in [-0.4, -0.2) is 30.1 Å². The lowest BCUT2D eigenvalue weighted by atomic mass is 9.92. The maximum Gasteiger partial charge on any atom is 0.257 e. The first-order valence-corrected chi connectivity index (χ1v) is 11.0. The molecule has 2 unspecified atom stereocenters. The Hall–Kier alpha value is -3.37. The number of nitrogens with zero attached hydrogens (tertiary/aromatic N) is 1. The molecule has 31 heavy (non-hydrogen) atoms. The number of carbonyl (C=O) groups is 1. The van der Waals surface area contributed by atoms with Crippen LogP contribution >= 0.6 is 0 Å². The number of hydrogen-bond donors (Lipinski definition) is 1. The maximum atomic E-state index is 13.7. The van der Waals surface area contributed by atoms with Crippen molar-refractivity contribution in [2.24, 2.45) is 0 Å². The number of anilines is 1. The highest BCUT2D eigenvalue weighted by Gasteiger charge is 2.36. The molecule has 2 aliphatic heterocycles. The van der Waals surface area contributed by atoms with Crippen LogP contribution in [0.1, 0.15) is 34.9 Å². The fourth-order valence-electron chi connectivity index (χ4n) is 5.06. The highest BCUT2D eigenvalue weighted by atomic mass is 16.5. The molecule has 0 radical (unpaired) electrons. The third kappa shape index (κ3) is 3.06. The van der Waals surface area contributed by atoms with E-state index in [1.54, 1.807) is 0 Å². The van der Waals surface area contributed by atoms with Gasteiger partial charge in [-0.05, 0) is 52.6 Å². The minimum absolute atomic E-state index is 0.0619. The van der Waals surface area contributed by atoms with Gasteiger partial charge in [0, 0.05) is 24.4 Å². The van der Waals surface area contributed by atoms with E-state index in [9.17, 15) is 4.79 Å².